The number of carbonyl (C=O) groups is 3. The van der Waals surface area contributed by atoms with Crippen LogP contribution in [0.3, 0.4) is 0 Å². The molecule has 5 N–H and O–H groups in total. The molecule has 1 fully saturated rings. The number of primary amides is 1. The smallest absolute Gasteiger partial charge is 0.326 e. The number of hydrogen-bond acceptors (Lipinski definition) is 3. The van der Waals surface area contributed by atoms with Gasteiger partial charge in [0.1, 0.15) is 6.04 Å². The molecular weight excluding hydrogens is 238 g/mol. The van der Waals surface area contributed by atoms with Crippen LogP contribution in [0.25, 0.3) is 0 Å². The summed E-state index contributed by atoms with van der Waals surface area (Å²) in [6.07, 6.45) is 4.69. The fourth-order valence-electron chi connectivity index (χ4n) is 2.03. The average molecular weight is 257 g/mol. The molecule has 1 atom stereocenters. The highest BCUT2D eigenvalue weighted by Gasteiger charge is 2.23. The van der Waals surface area contributed by atoms with Gasteiger partial charge in [-0.15, -0.1) is 0 Å². The predicted molar refractivity (Wildman–Crippen MR) is 63.8 cm³/mol. The topological polar surface area (TPSA) is 122 Å². The van der Waals surface area contributed by atoms with E-state index in [1.165, 1.54) is 6.42 Å². The number of nitrogens with two attached hydrogens (primary N) is 1. The maximum absolute atomic E-state index is 11.6. The van der Waals surface area contributed by atoms with Crippen LogP contribution >= 0.6 is 0 Å². The van der Waals surface area contributed by atoms with Crippen molar-refractivity contribution in [2.75, 3.05) is 0 Å². The van der Waals surface area contributed by atoms with Gasteiger partial charge in [0, 0.05) is 6.04 Å². The Labute approximate surface area is 105 Å². The van der Waals surface area contributed by atoms with Crippen LogP contribution in [0, 0.1) is 0 Å². The van der Waals surface area contributed by atoms with Crippen molar-refractivity contribution in [2.24, 2.45) is 5.73 Å². The minimum atomic E-state index is -1.27. The largest absolute Gasteiger partial charge is 0.480 e. The fraction of sp³-hybridized carbons (Fsp3) is 0.727. The molecule has 7 nitrogen and oxygen atoms in total. The third-order valence-electron chi connectivity index (χ3n) is 2.95. The number of hydrogen-bond donors (Lipinski definition) is 4. The lowest BCUT2D eigenvalue weighted by molar-refractivity contribution is -0.140. The van der Waals surface area contributed by atoms with Crippen molar-refractivity contribution in [3.8, 4) is 0 Å². The molecule has 0 aromatic heterocycles. The SMILES string of the molecule is NC(=O)C[C@@H](NC(=O)NC1CCCCC1)C(=O)O. The summed E-state index contributed by atoms with van der Waals surface area (Å²) < 4.78 is 0. The Morgan fingerprint density at radius 3 is 2.33 bits per heavy atom. The fourth-order valence-corrected chi connectivity index (χ4v) is 2.03. The van der Waals surface area contributed by atoms with Crippen molar-refractivity contribution >= 4 is 17.9 Å². The Kier molecular flexibility index (Phi) is 5.41. The van der Waals surface area contributed by atoms with Crippen molar-refractivity contribution in [3.63, 3.8) is 0 Å². The van der Waals surface area contributed by atoms with E-state index >= 15 is 0 Å². The minimum Gasteiger partial charge on any atom is -0.480 e. The van der Waals surface area contributed by atoms with E-state index in [0.29, 0.717) is 0 Å². The number of carboxylic acid groups (broad SMARTS) is 1. The third kappa shape index (κ3) is 5.03. The first kappa shape index (κ1) is 14.3. The van der Waals surface area contributed by atoms with Crippen LogP contribution in [0.5, 0.6) is 0 Å². The zero-order chi connectivity index (χ0) is 13.5. The van der Waals surface area contributed by atoms with Crippen LogP contribution in [-0.2, 0) is 9.59 Å². The van der Waals surface area contributed by atoms with Crippen molar-refractivity contribution in [1.82, 2.24) is 10.6 Å². The van der Waals surface area contributed by atoms with E-state index in [4.69, 9.17) is 10.8 Å². The molecule has 1 rings (SSSR count). The lowest BCUT2D eigenvalue weighted by Gasteiger charge is -2.23. The summed E-state index contributed by atoms with van der Waals surface area (Å²) >= 11 is 0. The number of carboxylic acids is 1. The highest BCUT2D eigenvalue weighted by Crippen LogP contribution is 2.17. The van der Waals surface area contributed by atoms with E-state index in [1.807, 2.05) is 0 Å². The van der Waals surface area contributed by atoms with Gasteiger partial charge in [0.2, 0.25) is 5.91 Å². The molecule has 0 bridgehead atoms. The number of nitrogens with one attached hydrogen (secondary N) is 2. The van der Waals surface area contributed by atoms with Crippen molar-refractivity contribution in [3.05, 3.63) is 0 Å². The molecule has 18 heavy (non-hydrogen) atoms. The summed E-state index contributed by atoms with van der Waals surface area (Å²) in [5, 5.41) is 13.8. The van der Waals surface area contributed by atoms with Gasteiger partial charge in [-0.2, -0.15) is 0 Å². The molecule has 0 radical (unpaired) electrons. The third-order valence-corrected chi connectivity index (χ3v) is 2.95. The summed E-state index contributed by atoms with van der Waals surface area (Å²) in [7, 11) is 0. The number of aliphatic carboxylic acids is 1. The maximum atomic E-state index is 11.6. The molecule has 3 amide bonds. The first-order valence-electron chi connectivity index (χ1n) is 6.07. The van der Waals surface area contributed by atoms with Gasteiger partial charge >= 0.3 is 12.0 Å². The van der Waals surface area contributed by atoms with Crippen LogP contribution in [0.4, 0.5) is 4.79 Å². The normalized spacial score (nSPS) is 17.8. The average Bonchev–Trinajstić information content (AvgIpc) is 2.28. The molecule has 0 aromatic rings. The zero-order valence-electron chi connectivity index (χ0n) is 10.1. The molecule has 102 valence electrons. The van der Waals surface area contributed by atoms with Gasteiger partial charge in [0.15, 0.2) is 0 Å². The molecule has 1 aliphatic rings. The van der Waals surface area contributed by atoms with Crippen LogP contribution in [0.1, 0.15) is 38.5 Å². The first-order chi connectivity index (χ1) is 8.49. The van der Waals surface area contributed by atoms with Crippen LogP contribution in [-0.4, -0.2) is 35.1 Å². The van der Waals surface area contributed by atoms with Gasteiger partial charge in [-0.1, -0.05) is 19.3 Å². The van der Waals surface area contributed by atoms with E-state index in [0.717, 1.165) is 25.7 Å². The quantitative estimate of drug-likeness (QED) is 0.551. The second-order valence-corrected chi connectivity index (χ2v) is 4.51. The number of rotatable bonds is 5. The summed E-state index contributed by atoms with van der Waals surface area (Å²) in [6, 6.07) is -1.75. The van der Waals surface area contributed by atoms with E-state index in [1.54, 1.807) is 0 Å². The Bertz CT molecular complexity index is 326. The molecule has 7 heteroatoms. The van der Waals surface area contributed by atoms with E-state index < -0.39 is 30.4 Å². The number of amides is 3. The van der Waals surface area contributed by atoms with Gasteiger partial charge in [0.25, 0.3) is 0 Å². The zero-order valence-corrected chi connectivity index (χ0v) is 10.1. The second kappa shape index (κ2) is 6.83. The Balaban J connectivity index is 2.40. The van der Waals surface area contributed by atoms with Gasteiger partial charge < -0.3 is 21.5 Å². The molecule has 0 unspecified atom stereocenters. The van der Waals surface area contributed by atoms with Crippen molar-refractivity contribution in [1.29, 1.82) is 0 Å². The maximum Gasteiger partial charge on any atom is 0.326 e. The minimum absolute atomic E-state index is 0.0850. The van der Waals surface area contributed by atoms with Crippen molar-refractivity contribution in [2.45, 2.75) is 50.6 Å². The number of urea groups is 1. The Hall–Kier alpha value is -1.79. The summed E-state index contributed by atoms with van der Waals surface area (Å²) in [5.74, 6) is -2.03. The molecule has 0 aromatic carbocycles. The van der Waals surface area contributed by atoms with E-state index in [9.17, 15) is 14.4 Å². The summed E-state index contributed by atoms with van der Waals surface area (Å²) in [4.78, 5) is 33.1. The van der Waals surface area contributed by atoms with Gasteiger partial charge in [-0.05, 0) is 12.8 Å². The number of carbonyl (C=O) groups excluding carboxylic acids is 2. The molecule has 1 aliphatic carbocycles. The Morgan fingerprint density at radius 1 is 1.22 bits per heavy atom. The highest BCUT2D eigenvalue weighted by atomic mass is 16.4. The van der Waals surface area contributed by atoms with Gasteiger partial charge in [0.05, 0.1) is 6.42 Å². The standard InChI is InChI=1S/C11H19N3O4/c12-9(15)6-8(10(16)17)14-11(18)13-7-4-2-1-3-5-7/h7-8H,1-6H2,(H2,12,15)(H,16,17)(H2,13,14,18)/t8-/m1/s1. The predicted octanol–water partition coefficient (Wildman–Crippen LogP) is -0.0531. The molecule has 0 aliphatic heterocycles. The summed E-state index contributed by atoms with van der Waals surface area (Å²) in [6.45, 7) is 0. The second-order valence-electron chi connectivity index (χ2n) is 4.51. The molecule has 0 spiro atoms. The molecular formula is C11H19N3O4. The first-order valence-corrected chi connectivity index (χ1v) is 6.07. The van der Waals surface area contributed by atoms with Crippen LogP contribution < -0.4 is 16.4 Å². The lowest BCUT2D eigenvalue weighted by atomic mass is 9.96. The van der Waals surface area contributed by atoms with Gasteiger partial charge in [-0.25, -0.2) is 9.59 Å². The highest BCUT2D eigenvalue weighted by molar-refractivity contribution is 5.87. The van der Waals surface area contributed by atoms with E-state index in [2.05, 4.69) is 10.6 Å². The van der Waals surface area contributed by atoms with E-state index in [-0.39, 0.29) is 6.04 Å². The van der Waals surface area contributed by atoms with Crippen LogP contribution in [0.15, 0.2) is 0 Å². The van der Waals surface area contributed by atoms with Gasteiger partial charge in [-0.3, -0.25) is 4.79 Å². The molecule has 1 saturated carbocycles. The molecule has 0 saturated heterocycles. The summed E-state index contributed by atoms with van der Waals surface area (Å²) in [5.41, 5.74) is 4.92. The lowest BCUT2D eigenvalue weighted by Crippen LogP contribution is -2.50. The van der Waals surface area contributed by atoms with Crippen LogP contribution in [0.2, 0.25) is 0 Å². The molecule has 0 heterocycles. The monoisotopic (exact) mass is 257 g/mol. The van der Waals surface area contributed by atoms with Crippen molar-refractivity contribution < 1.29 is 19.5 Å². The Morgan fingerprint density at radius 2 is 1.83 bits per heavy atom.